The number of hydrogen-bond acceptors (Lipinski definition) is 4. The molecule has 0 aromatic heterocycles. The van der Waals surface area contributed by atoms with E-state index in [0.717, 1.165) is 24.3 Å². The van der Waals surface area contributed by atoms with E-state index in [9.17, 15) is 0 Å². The van der Waals surface area contributed by atoms with Crippen LogP contribution in [-0.2, 0) is 45.4 Å². The van der Waals surface area contributed by atoms with Crippen molar-refractivity contribution in [2.45, 2.75) is 137 Å². The summed E-state index contributed by atoms with van der Waals surface area (Å²) in [5.74, 6) is 0. The average molecular weight is 1980 g/mol. The molecule has 15 heteroatoms. The van der Waals surface area contributed by atoms with Crippen LogP contribution < -0.4 is 42.8 Å². The molecule has 13 aromatic carbocycles. The van der Waals surface area contributed by atoms with Crippen LogP contribution in [0.1, 0.15) is 122 Å². The molecule has 2 aliphatic heterocycles. The molecule has 0 bridgehead atoms. The van der Waals surface area contributed by atoms with Gasteiger partial charge in [-0.1, -0.05) is 330 Å². The second-order valence-electron chi connectivity index (χ2n) is 32.1. The molecule has 2 aliphatic carbocycles. The molecule has 0 radical (unpaired) electrons. The molecular formula is C99H96B2Br3Cl2IO4P2Pd. The topological polar surface area (TPSA) is 36.9 Å². The molecule has 0 saturated carbocycles. The van der Waals surface area contributed by atoms with E-state index in [4.69, 9.17) is 37.7 Å². The summed E-state index contributed by atoms with van der Waals surface area (Å²) in [6, 6.07) is 111. The first-order valence-electron chi connectivity index (χ1n) is 38.3. The van der Waals surface area contributed by atoms with Crippen LogP contribution in [0.15, 0.2) is 323 Å². The zero-order chi connectivity index (χ0) is 81.5. The quantitative estimate of drug-likeness (QED) is 0.0777. The van der Waals surface area contributed by atoms with Crippen molar-refractivity contribution in [3.05, 3.63) is 365 Å². The van der Waals surface area contributed by atoms with Crippen molar-refractivity contribution in [3.63, 3.8) is 0 Å². The molecule has 114 heavy (non-hydrogen) atoms. The molecule has 0 atom stereocenters. The first-order valence-corrected chi connectivity index (χ1v) is 48.4. The van der Waals surface area contributed by atoms with Crippen LogP contribution in [0.3, 0.4) is 0 Å². The van der Waals surface area contributed by atoms with Crippen LogP contribution in [0.2, 0.25) is 0 Å². The number of halogens is 6. The van der Waals surface area contributed by atoms with Crippen LogP contribution in [0.4, 0.5) is 0 Å². The van der Waals surface area contributed by atoms with Crippen molar-refractivity contribution in [1.29, 1.82) is 0 Å². The Morgan fingerprint density at radius 2 is 0.518 bits per heavy atom. The maximum Gasteiger partial charge on any atom is -0.0134 e. The van der Waals surface area contributed by atoms with E-state index in [1.54, 1.807) is 0 Å². The van der Waals surface area contributed by atoms with E-state index in [0.29, 0.717) is 0 Å². The Morgan fingerprint density at radius 1 is 0.289 bits per heavy atom. The van der Waals surface area contributed by atoms with Crippen molar-refractivity contribution in [2.24, 2.45) is 0 Å². The molecule has 0 spiro atoms. The Bertz CT molecular complexity index is 4950. The summed E-state index contributed by atoms with van der Waals surface area (Å²) in [4.78, 5) is 0. The Kier molecular flexibility index (Phi) is 28.8. The van der Waals surface area contributed by atoms with Gasteiger partial charge in [-0.15, -0.1) is 0 Å². The summed E-state index contributed by atoms with van der Waals surface area (Å²) < 4.78 is 30.0. The van der Waals surface area contributed by atoms with E-state index in [1.807, 2.05) is 0 Å². The minimum absolute atomic E-state index is 0.0385. The Labute approximate surface area is 736 Å². The van der Waals surface area contributed by atoms with Crippen LogP contribution in [0.5, 0.6) is 0 Å². The summed E-state index contributed by atoms with van der Waals surface area (Å²) in [5, 5.41) is 8.39. The number of fused-ring (bicyclic) bond motifs is 6. The van der Waals surface area contributed by atoms with Crippen LogP contribution in [0.25, 0.3) is 44.5 Å². The second-order valence-corrected chi connectivity index (χ2v) is 42.8. The number of hydrogen-bond donors (Lipinski definition) is 0. The summed E-state index contributed by atoms with van der Waals surface area (Å²) in [7, 11) is 8.01. The Morgan fingerprint density at radius 3 is 0.763 bits per heavy atom. The van der Waals surface area contributed by atoms with E-state index in [-0.39, 0.29) is 63.4 Å². The molecule has 4 aliphatic rings. The predicted molar refractivity (Wildman–Crippen MR) is 509 cm³/mol. The third-order valence-corrected chi connectivity index (χ3v) is 30.2. The second kappa shape index (κ2) is 37.6. The predicted octanol–water partition coefficient (Wildman–Crippen LogP) is 25.7. The summed E-state index contributed by atoms with van der Waals surface area (Å²) in [6.45, 7) is 32.5. The molecular weight excluding hydrogens is 1880 g/mol. The summed E-state index contributed by atoms with van der Waals surface area (Å²) in [6.07, 6.45) is 0. The van der Waals surface area contributed by atoms with Gasteiger partial charge in [-0.25, -0.2) is 0 Å². The normalized spacial score (nSPS) is 15.5. The van der Waals surface area contributed by atoms with Gasteiger partial charge >= 0.3 is 49.2 Å². The van der Waals surface area contributed by atoms with Gasteiger partial charge in [0.25, 0.3) is 0 Å². The fraction of sp³-hybridized carbons (Fsp3) is 0.212. The maximum atomic E-state index is 6.33. The van der Waals surface area contributed by atoms with Gasteiger partial charge in [0.2, 0.25) is 0 Å². The molecule has 2 saturated heterocycles. The van der Waals surface area contributed by atoms with Crippen molar-refractivity contribution in [2.75, 3.05) is 0 Å². The fourth-order valence-electron chi connectivity index (χ4n) is 15.0. The van der Waals surface area contributed by atoms with Crippen molar-refractivity contribution in [1.82, 2.24) is 0 Å². The van der Waals surface area contributed by atoms with Gasteiger partial charge in [-0.2, -0.15) is 0 Å². The van der Waals surface area contributed by atoms with Gasteiger partial charge in [0.05, 0.1) is 22.4 Å². The monoisotopic (exact) mass is 1970 g/mol. The Hall–Kier alpha value is -5.90. The third kappa shape index (κ3) is 19.8. The van der Waals surface area contributed by atoms with Crippen LogP contribution in [-0.4, -0.2) is 36.6 Å². The van der Waals surface area contributed by atoms with Gasteiger partial charge in [0, 0.05) is 27.8 Å². The number of benzene rings is 13. The van der Waals surface area contributed by atoms with E-state index >= 15 is 0 Å². The standard InChI is InChI=1S/C29H24Br2.C27H36B2O4.2C18H15P.C7H6BrI.2ClH.Pd/c1-17-13-21(30)7-11-23(17)19-5-9-25-26-10-6-20(24-12-8-22(31)14-18(24)2)16-28(26)29(3,4)27(25)15-19;1-23(2)21-15-17(28-30-24(3,4)25(5,6)31-28)11-13-19(21)20-14-12-18(16-22(20)23)29-32-26(7,8)27(9,10)33-29;2*1-4-10-16(11-5-1)19(17-12-6-2-7-13-17)18-14-8-3-9-15-18;1-5-4-6(8)2-3-7(5)9;;;/h5-16H,1-4H3;11-16H,1-10H3;2*1-15H;2-4H,1H3;2*1H;/q;;;;;;;+2/p-2. The summed E-state index contributed by atoms with van der Waals surface area (Å²) >= 11 is 12.8. The largest absolute Gasteiger partial charge is 0.0622 e. The average Bonchev–Trinajstić information content (AvgIpc) is 1.57. The van der Waals surface area contributed by atoms with Gasteiger partial charge in [-0.05, 0) is 295 Å². The number of rotatable bonds is 10. The summed E-state index contributed by atoms with van der Waals surface area (Å²) in [5.41, 5.74) is 20.3. The molecule has 0 unspecified atom stereocenters. The van der Waals surface area contributed by atoms with E-state index < -0.39 is 15.8 Å². The van der Waals surface area contributed by atoms with Gasteiger partial charge in [-0.3, -0.25) is 0 Å². The van der Waals surface area contributed by atoms with Crippen molar-refractivity contribution >= 4 is 162 Å². The number of aryl methyl sites for hydroxylation is 3. The van der Waals surface area contributed by atoms with E-state index in [2.05, 4.69) is 484 Å². The fourth-order valence-corrected chi connectivity index (χ4v) is 21.3. The van der Waals surface area contributed by atoms with Crippen LogP contribution in [0, 0.1) is 24.3 Å². The SMILES string of the molecule is CC1(C)c2cc(B3OC(C)(C)C(C)(C)O3)ccc2-c2ccc(B3OC(C)(C)C(C)(C)O3)cc21.Cc1cc(Br)ccc1-c1ccc2c(c1)C(C)(C)c1cc(-c3ccc(Br)cc3C)ccc1-2.Cc1cc(Br)ccc1I.[Cl][Pd][Cl].c1ccc(P(c2ccccc2)c2ccccc2)cc1.c1ccc(P(c2ccccc2)c2ccccc2)cc1. The molecule has 0 amide bonds. The Balaban J connectivity index is 0.000000137. The van der Waals surface area contributed by atoms with Gasteiger partial charge in [0.1, 0.15) is 0 Å². The smallest absolute Gasteiger partial charge is 0.0134 e. The zero-order valence-electron chi connectivity index (χ0n) is 67.2. The molecule has 584 valence electrons. The minimum atomic E-state index is -0.446. The van der Waals surface area contributed by atoms with Crippen molar-refractivity contribution < 1.29 is 34.6 Å². The molecule has 17 rings (SSSR count). The maximum absolute atomic E-state index is 6.33. The minimum Gasteiger partial charge on any atom is -0.0622 e. The molecule has 2 fully saturated rings. The first-order chi connectivity index (χ1) is 54.3. The molecule has 2 heterocycles. The van der Waals surface area contributed by atoms with Gasteiger partial charge in [0.15, 0.2) is 0 Å². The molecule has 13 aromatic rings. The van der Waals surface area contributed by atoms with E-state index in [1.165, 1.54) is 119 Å². The van der Waals surface area contributed by atoms with Gasteiger partial charge < -0.3 is 18.6 Å². The molecule has 4 nitrogen and oxygen atoms in total. The van der Waals surface area contributed by atoms with Crippen molar-refractivity contribution in [3.8, 4) is 44.5 Å². The third-order valence-electron chi connectivity index (χ3n) is 22.7. The molecule has 0 N–H and O–H groups in total. The zero-order valence-corrected chi connectivity index (χ0v) is 79.0. The van der Waals surface area contributed by atoms with Crippen LogP contribution >= 0.6 is 105 Å². The first kappa shape index (κ1) is 87.4.